The van der Waals surface area contributed by atoms with Crippen molar-refractivity contribution in [3.8, 4) is 0 Å². The molecule has 2 aromatic rings. The molecule has 0 spiro atoms. The minimum absolute atomic E-state index is 0.114. The van der Waals surface area contributed by atoms with E-state index in [9.17, 15) is 13.2 Å². The number of likely N-dealkylation sites (tertiary alicyclic amines) is 1. The van der Waals surface area contributed by atoms with Crippen LogP contribution in [0, 0.1) is 5.41 Å². The average molecular weight is 432 g/mol. The highest BCUT2D eigenvalue weighted by atomic mass is 19.4. The zero-order valence-electron chi connectivity index (χ0n) is 17.5. The molecule has 1 atom stereocenters. The van der Waals surface area contributed by atoms with Crippen LogP contribution in [0.25, 0.3) is 5.57 Å². The van der Waals surface area contributed by atoms with Crippen LogP contribution in [0.5, 0.6) is 0 Å². The fourth-order valence-corrected chi connectivity index (χ4v) is 4.23. The fourth-order valence-electron chi connectivity index (χ4n) is 4.23. The topological polar surface area (TPSA) is 46.0 Å². The van der Waals surface area contributed by atoms with Gasteiger partial charge in [0.2, 0.25) is 0 Å². The summed E-state index contributed by atoms with van der Waals surface area (Å²) in [5, 5.41) is 11.2. The van der Waals surface area contributed by atoms with Crippen LogP contribution in [0.4, 0.5) is 13.2 Å². The Kier molecular flexibility index (Phi) is 6.57. The predicted molar refractivity (Wildman–Crippen MR) is 114 cm³/mol. The molecule has 0 radical (unpaired) electrons. The Morgan fingerprint density at radius 2 is 1.87 bits per heavy atom. The molecular formula is C23H28F3N5. The lowest BCUT2D eigenvalue weighted by molar-refractivity contribution is -0.209. The summed E-state index contributed by atoms with van der Waals surface area (Å²) in [6, 6.07) is 9.47. The zero-order valence-corrected chi connectivity index (χ0v) is 17.5. The lowest BCUT2D eigenvalue weighted by atomic mass is 9.78. The molecule has 0 saturated carbocycles. The molecule has 2 heterocycles. The Labute approximate surface area is 180 Å². The van der Waals surface area contributed by atoms with Crippen molar-refractivity contribution in [2.45, 2.75) is 38.5 Å². The molecule has 1 saturated heterocycles. The molecule has 5 nitrogen and oxygen atoms in total. The molecular weight excluding hydrogens is 403 g/mol. The van der Waals surface area contributed by atoms with Crippen LogP contribution in [-0.4, -0.2) is 52.0 Å². The number of benzene rings is 1. The summed E-state index contributed by atoms with van der Waals surface area (Å²) < 4.78 is 44.0. The molecule has 8 heteroatoms. The first-order valence-electron chi connectivity index (χ1n) is 10.8. The van der Waals surface area contributed by atoms with Crippen molar-refractivity contribution in [2.24, 2.45) is 5.41 Å². The van der Waals surface area contributed by atoms with Crippen LogP contribution >= 0.6 is 0 Å². The van der Waals surface area contributed by atoms with Crippen molar-refractivity contribution in [3.05, 3.63) is 66.3 Å². The highest BCUT2D eigenvalue weighted by molar-refractivity contribution is 5.75. The van der Waals surface area contributed by atoms with Gasteiger partial charge in [0.1, 0.15) is 17.6 Å². The minimum atomic E-state index is -4.38. The number of halogens is 3. The Balaban J connectivity index is 1.42. The summed E-state index contributed by atoms with van der Waals surface area (Å²) >= 11 is 0. The predicted octanol–water partition coefficient (Wildman–Crippen LogP) is 4.06. The third-order valence-electron chi connectivity index (χ3n) is 6.17. The van der Waals surface area contributed by atoms with Gasteiger partial charge in [0, 0.05) is 19.6 Å². The smallest absolute Gasteiger partial charge is 0.315 e. The molecule has 1 aromatic carbocycles. The largest absolute Gasteiger partial charge is 0.399 e. The Morgan fingerprint density at radius 1 is 1.10 bits per heavy atom. The molecule has 2 aliphatic rings. The van der Waals surface area contributed by atoms with Crippen molar-refractivity contribution in [2.75, 3.05) is 26.2 Å². The quantitative estimate of drug-likeness (QED) is 0.641. The number of nitrogens with one attached hydrogen (secondary N) is 1. The highest BCUT2D eigenvalue weighted by Crippen LogP contribution is 2.47. The fraction of sp³-hybridized carbons (Fsp3) is 0.478. The van der Waals surface area contributed by atoms with E-state index in [0.717, 1.165) is 37.3 Å². The summed E-state index contributed by atoms with van der Waals surface area (Å²) in [5.74, 6) is 0.524. The van der Waals surface area contributed by atoms with Crippen LogP contribution in [-0.2, 0) is 13.1 Å². The Morgan fingerprint density at radius 3 is 2.55 bits per heavy atom. The van der Waals surface area contributed by atoms with Gasteiger partial charge in [-0.1, -0.05) is 48.6 Å². The summed E-state index contributed by atoms with van der Waals surface area (Å²) in [4.78, 5) is 2.39. The number of nitrogens with zero attached hydrogens (tertiary/aromatic N) is 4. The summed E-state index contributed by atoms with van der Waals surface area (Å²) in [6.07, 6.45) is 3.95. The minimum Gasteiger partial charge on any atom is -0.315 e. The van der Waals surface area contributed by atoms with Crippen LogP contribution in [0.15, 0.2) is 54.9 Å². The zero-order chi connectivity index (χ0) is 21.7. The van der Waals surface area contributed by atoms with E-state index in [4.69, 9.17) is 0 Å². The average Bonchev–Trinajstić information content (AvgIpc) is 3.44. The maximum atomic E-state index is 14.2. The first-order valence-corrected chi connectivity index (χ1v) is 10.8. The van der Waals surface area contributed by atoms with Crippen LogP contribution in [0.2, 0.25) is 0 Å². The van der Waals surface area contributed by atoms with Gasteiger partial charge in [0.25, 0.3) is 0 Å². The van der Waals surface area contributed by atoms with Gasteiger partial charge < -0.3 is 14.8 Å². The van der Waals surface area contributed by atoms with Gasteiger partial charge in [-0.15, -0.1) is 10.2 Å². The molecule has 1 unspecified atom stereocenters. The molecule has 1 aliphatic carbocycles. The maximum absolute atomic E-state index is 14.2. The van der Waals surface area contributed by atoms with Crippen LogP contribution in [0.3, 0.4) is 0 Å². The molecule has 1 aliphatic heterocycles. The van der Waals surface area contributed by atoms with E-state index < -0.39 is 11.6 Å². The third kappa shape index (κ3) is 5.07. The standard InChI is InChI=1S/C23H28F3N5/c24-23(25,26)22(10-8-20(9-11-22)19-6-2-1-3-7-19)17-31-18-28-29-21(31)16-27-12-15-30-13-4-5-14-30/h1-3,6-10,18,27H,4-5,11-17H2. The second kappa shape index (κ2) is 9.36. The van der Waals surface area contributed by atoms with Crippen molar-refractivity contribution in [3.63, 3.8) is 0 Å². The van der Waals surface area contributed by atoms with E-state index in [-0.39, 0.29) is 13.0 Å². The molecule has 166 valence electrons. The van der Waals surface area contributed by atoms with E-state index in [1.165, 1.54) is 29.8 Å². The Bertz CT molecular complexity index is 913. The molecule has 4 rings (SSSR count). The van der Waals surface area contributed by atoms with Gasteiger partial charge in [-0.2, -0.15) is 13.2 Å². The first kappa shape index (κ1) is 21.8. The molecule has 0 bridgehead atoms. The molecule has 0 amide bonds. The number of aromatic nitrogens is 3. The van der Waals surface area contributed by atoms with E-state index in [1.807, 2.05) is 30.3 Å². The summed E-state index contributed by atoms with van der Waals surface area (Å²) in [6.45, 7) is 4.13. The second-order valence-corrected chi connectivity index (χ2v) is 8.32. The molecule has 1 N–H and O–H groups in total. The van der Waals surface area contributed by atoms with Crippen LogP contribution < -0.4 is 5.32 Å². The second-order valence-electron chi connectivity index (χ2n) is 8.32. The highest BCUT2D eigenvalue weighted by Gasteiger charge is 2.53. The number of hydrogen-bond donors (Lipinski definition) is 1. The van der Waals surface area contributed by atoms with Crippen molar-refractivity contribution in [1.82, 2.24) is 25.0 Å². The molecule has 31 heavy (non-hydrogen) atoms. The van der Waals surface area contributed by atoms with E-state index in [0.29, 0.717) is 12.4 Å². The van der Waals surface area contributed by atoms with Gasteiger partial charge in [-0.3, -0.25) is 0 Å². The number of hydrogen-bond acceptors (Lipinski definition) is 4. The van der Waals surface area contributed by atoms with Gasteiger partial charge in [0.15, 0.2) is 0 Å². The SMILES string of the molecule is FC(F)(F)C1(Cn2cnnc2CNCCN2CCCC2)C=CC(c2ccccc2)=CC1. The van der Waals surface area contributed by atoms with E-state index >= 15 is 0 Å². The first-order chi connectivity index (χ1) is 15.0. The number of alkyl halides is 3. The summed E-state index contributed by atoms with van der Waals surface area (Å²) in [7, 11) is 0. The maximum Gasteiger partial charge on any atom is 0.399 e. The lowest BCUT2D eigenvalue weighted by Crippen LogP contribution is -2.41. The third-order valence-corrected chi connectivity index (χ3v) is 6.17. The molecule has 1 fully saturated rings. The monoisotopic (exact) mass is 431 g/mol. The van der Waals surface area contributed by atoms with Crippen molar-refractivity contribution < 1.29 is 13.2 Å². The lowest BCUT2D eigenvalue weighted by Gasteiger charge is -2.35. The van der Waals surface area contributed by atoms with E-state index in [2.05, 4.69) is 20.4 Å². The van der Waals surface area contributed by atoms with Crippen LogP contribution in [0.1, 0.15) is 30.7 Å². The van der Waals surface area contributed by atoms with Gasteiger partial charge in [0.05, 0.1) is 6.54 Å². The Hall–Kier alpha value is -2.45. The number of allylic oxidation sites excluding steroid dienone is 4. The number of rotatable bonds is 8. The van der Waals surface area contributed by atoms with Crippen molar-refractivity contribution in [1.29, 1.82) is 0 Å². The summed E-state index contributed by atoms with van der Waals surface area (Å²) in [5.41, 5.74) is -0.243. The molecule has 1 aromatic heterocycles. The van der Waals surface area contributed by atoms with Gasteiger partial charge in [-0.05, 0) is 43.5 Å². The van der Waals surface area contributed by atoms with E-state index in [1.54, 1.807) is 12.2 Å². The van der Waals surface area contributed by atoms with Crippen molar-refractivity contribution >= 4 is 5.57 Å². The van der Waals surface area contributed by atoms with Gasteiger partial charge in [-0.25, -0.2) is 0 Å². The normalized spacial score (nSPS) is 22.1. The van der Waals surface area contributed by atoms with Gasteiger partial charge >= 0.3 is 6.18 Å².